The van der Waals surface area contributed by atoms with Crippen molar-refractivity contribution in [3.8, 4) is 0 Å². The number of aliphatic hydroxyl groups excluding tert-OH is 1. The minimum Gasteiger partial charge on any atom is -0.462 e. The van der Waals surface area contributed by atoms with Gasteiger partial charge in [-0.05, 0) is 73.0 Å². The quantitative estimate of drug-likeness (QED) is 0.771. The predicted octanol–water partition coefficient (Wildman–Crippen LogP) is 4.18. The molecule has 0 heterocycles. The van der Waals surface area contributed by atoms with E-state index in [1.54, 1.807) is 6.92 Å². The molecule has 0 aromatic carbocycles. The van der Waals surface area contributed by atoms with E-state index in [2.05, 4.69) is 27.7 Å². The van der Waals surface area contributed by atoms with Crippen molar-refractivity contribution in [2.75, 3.05) is 0 Å². The SMILES string of the molecule is CC(=O)O[C@H]1C[C@]2(C)[C@@H](C(C)C)CC[C@H]2[C@]23C[C@H]2[C@@H](O)CC[C@]13C. The van der Waals surface area contributed by atoms with E-state index in [1.807, 2.05) is 0 Å². The summed E-state index contributed by atoms with van der Waals surface area (Å²) in [4.78, 5) is 11.9. The van der Waals surface area contributed by atoms with Gasteiger partial charge < -0.3 is 9.84 Å². The summed E-state index contributed by atoms with van der Waals surface area (Å²) in [6.07, 6.45) is 6.51. The van der Waals surface area contributed by atoms with E-state index >= 15 is 0 Å². The molecule has 0 aromatic rings. The van der Waals surface area contributed by atoms with Gasteiger partial charge in [-0.3, -0.25) is 4.79 Å². The van der Waals surface area contributed by atoms with E-state index in [9.17, 15) is 9.90 Å². The lowest BCUT2D eigenvalue weighted by Gasteiger charge is -2.60. The molecule has 0 aliphatic heterocycles. The van der Waals surface area contributed by atoms with Crippen molar-refractivity contribution in [3.05, 3.63) is 0 Å². The monoisotopic (exact) mass is 334 g/mol. The molecule has 1 spiro atoms. The van der Waals surface area contributed by atoms with Crippen LogP contribution in [0, 0.1) is 39.9 Å². The van der Waals surface area contributed by atoms with Crippen LogP contribution in [0.2, 0.25) is 0 Å². The van der Waals surface area contributed by atoms with Crippen molar-refractivity contribution in [2.45, 2.75) is 85.4 Å². The van der Waals surface area contributed by atoms with Crippen molar-refractivity contribution in [2.24, 2.45) is 39.9 Å². The van der Waals surface area contributed by atoms with Gasteiger partial charge in [-0.25, -0.2) is 0 Å². The molecule has 136 valence electrons. The number of fused-ring (bicyclic) bond motifs is 1. The van der Waals surface area contributed by atoms with E-state index in [0.29, 0.717) is 23.7 Å². The molecule has 0 aromatic heterocycles. The smallest absolute Gasteiger partial charge is 0.302 e. The van der Waals surface area contributed by atoms with E-state index in [0.717, 1.165) is 25.7 Å². The molecule has 4 aliphatic rings. The number of hydrogen-bond acceptors (Lipinski definition) is 3. The standard InChI is InChI=1S/C21H34O3/c1-12(2)14-6-7-17-19(14,4)11-18(24-13(3)22)20(5)9-8-16(23)15-10-21(15,17)20/h12,14-18,23H,6-11H2,1-5H3/t14-,15+,16+,17-,18+,19-,20-,21+/m1/s1. The molecule has 4 aliphatic carbocycles. The number of carbonyl (C=O) groups is 1. The Labute approximate surface area is 146 Å². The van der Waals surface area contributed by atoms with Crippen LogP contribution in [0.1, 0.15) is 73.1 Å². The van der Waals surface area contributed by atoms with Crippen LogP contribution < -0.4 is 0 Å². The fourth-order valence-corrected chi connectivity index (χ4v) is 8.08. The number of esters is 1. The molecule has 0 amide bonds. The molecule has 1 N–H and O–H groups in total. The normalized spacial score (nSPS) is 55.5. The van der Waals surface area contributed by atoms with Crippen LogP contribution in [0.5, 0.6) is 0 Å². The molecular formula is C21H34O3. The Morgan fingerprint density at radius 2 is 1.88 bits per heavy atom. The van der Waals surface area contributed by atoms with Gasteiger partial charge in [0.15, 0.2) is 0 Å². The molecule has 3 nitrogen and oxygen atoms in total. The second-order valence-electron chi connectivity index (χ2n) is 10.2. The first kappa shape index (κ1) is 16.9. The summed E-state index contributed by atoms with van der Waals surface area (Å²) in [6.45, 7) is 11.1. The van der Waals surface area contributed by atoms with E-state index in [1.165, 1.54) is 12.8 Å². The van der Waals surface area contributed by atoms with Crippen molar-refractivity contribution >= 4 is 5.97 Å². The summed E-state index contributed by atoms with van der Waals surface area (Å²) in [5, 5.41) is 10.6. The first-order valence-corrected chi connectivity index (χ1v) is 10.0. The molecule has 0 unspecified atom stereocenters. The Balaban J connectivity index is 1.79. The molecule has 4 saturated carbocycles. The summed E-state index contributed by atoms with van der Waals surface area (Å²) in [5.74, 6) is 2.36. The van der Waals surface area contributed by atoms with Gasteiger partial charge in [-0.1, -0.05) is 27.7 Å². The predicted molar refractivity (Wildman–Crippen MR) is 93.2 cm³/mol. The van der Waals surface area contributed by atoms with Gasteiger partial charge in [0.2, 0.25) is 0 Å². The minimum absolute atomic E-state index is 0.0214. The molecule has 8 atom stereocenters. The zero-order chi connectivity index (χ0) is 17.5. The summed E-state index contributed by atoms with van der Waals surface area (Å²) in [7, 11) is 0. The third kappa shape index (κ3) is 1.86. The molecular weight excluding hydrogens is 300 g/mol. The van der Waals surface area contributed by atoms with Gasteiger partial charge in [0, 0.05) is 12.3 Å². The summed E-state index contributed by atoms with van der Waals surface area (Å²) >= 11 is 0. The highest BCUT2D eigenvalue weighted by atomic mass is 16.5. The van der Waals surface area contributed by atoms with Gasteiger partial charge in [0.1, 0.15) is 6.10 Å². The highest BCUT2D eigenvalue weighted by molar-refractivity contribution is 5.66. The lowest BCUT2D eigenvalue weighted by atomic mass is 9.46. The van der Waals surface area contributed by atoms with Crippen molar-refractivity contribution < 1.29 is 14.6 Å². The summed E-state index contributed by atoms with van der Waals surface area (Å²) in [6, 6.07) is 0. The Hall–Kier alpha value is -0.570. The average molecular weight is 335 g/mol. The van der Waals surface area contributed by atoms with Crippen LogP contribution in [0.25, 0.3) is 0 Å². The van der Waals surface area contributed by atoms with Gasteiger partial charge in [-0.15, -0.1) is 0 Å². The van der Waals surface area contributed by atoms with Crippen LogP contribution >= 0.6 is 0 Å². The van der Waals surface area contributed by atoms with E-state index in [-0.39, 0.29) is 34.4 Å². The lowest BCUT2D eigenvalue weighted by molar-refractivity contribution is -0.200. The van der Waals surface area contributed by atoms with Crippen LogP contribution in [-0.4, -0.2) is 23.3 Å². The number of ether oxygens (including phenoxy) is 1. The third-order valence-corrected chi connectivity index (χ3v) is 9.03. The van der Waals surface area contributed by atoms with Crippen molar-refractivity contribution in [1.82, 2.24) is 0 Å². The van der Waals surface area contributed by atoms with Crippen LogP contribution in [0.4, 0.5) is 0 Å². The van der Waals surface area contributed by atoms with Gasteiger partial charge in [0.05, 0.1) is 6.10 Å². The molecule has 4 fully saturated rings. The number of rotatable bonds is 2. The van der Waals surface area contributed by atoms with Gasteiger partial charge in [0.25, 0.3) is 0 Å². The Bertz CT molecular complexity index is 557. The molecule has 0 saturated heterocycles. The van der Waals surface area contributed by atoms with Crippen LogP contribution in [0.3, 0.4) is 0 Å². The highest BCUT2D eigenvalue weighted by Gasteiger charge is 2.79. The molecule has 0 radical (unpaired) electrons. The fourth-order valence-electron chi connectivity index (χ4n) is 8.08. The Morgan fingerprint density at radius 3 is 2.50 bits per heavy atom. The Morgan fingerprint density at radius 1 is 1.17 bits per heavy atom. The topological polar surface area (TPSA) is 46.5 Å². The first-order valence-electron chi connectivity index (χ1n) is 10.0. The maximum absolute atomic E-state index is 11.9. The number of aliphatic hydroxyl groups is 1. The molecule has 3 heteroatoms. The Kier molecular flexibility index (Phi) is 3.51. The van der Waals surface area contributed by atoms with E-state index in [4.69, 9.17) is 4.74 Å². The highest BCUT2D eigenvalue weighted by Crippen LogP contribution is 2.82. The van der Waals surface area contributed by atoms with Crippen LogP contribution in [0.15, 0.2) is 0 Å². The second-order valence-corrected chi connectivity index (χ2v) is 10.2. The number of carbonyl (C=O) groups excluding carboxylic acids is 1. The maximum atomic E-state index is 11.9. The van der Waals surface area contributed by atoms with Crippen molar-refractivity contribution in [3.63, 3.8) is 0 Å². The van der Waals surface area contributed by atoms with E-state index < -0.39 is 0 Å². The zero-order valence-electron chi connectivity index (χ0n) is 16.0. The summed E-state index contributed by atoms with van der Waals surface area (Å²) in [5.41, 5.74) is 0.514. The third-order valence-electron chi connectivity index (χ3n) is 9.03. The molecule has 4 rings (SSSR count). The maximum Gasteiger partial charge on any atom is 0.302 e. The first-order chi connectivity index (χ1) is 11.2. The lowest BCUT2D eigenvalue weighted by Crippen LogP contribution is -2.60. The average Bonchev–Trinajstić information content (AvgIpc) is 3.14. The fraction of sp³-hybridized carbons (Fsp3) is 0.952. The van der Waals surface area contributed by atoms with Gasteiger partial charge >= 0.3 is 5.97 Å². The van der Waals surface area contributed by atoms with Crippen molar-refractivity contribution in [1.29, 1.82) is 0 Å². The largest absolute Gasteiger partial charge is 0.462 e. The second kappa shape index (κ2) is 4.99. The number of hydrogen-bond donors (Lipinski definition) is 1. The van der Waals surface area contributed by atoms with Crippen LogP contribution in [-0.2, 0) is 9.53 Å². The molecule has 0 bridgehead atoms. The summed E-state index contributed by atoms with van der Waals surface area (Å²) < 4.78 is 5.97. The van der Waals surface area contributed by atoms with Gasteiger partial charge in [-0.2, -0.15) is 0 Å². The zero-order valence-corrected chi connectivity index (χ0v) is 16.0. The minimum atomic E-state index is -0.142. The molecule has 24 heavy (non-hydrogen) atoms.